The molecule has 0 unspecified atom stereocenters. The fourth-order valence-electron chi connectivity index (χ4n) is 1.27. The van der Waals surface area contributed by atoms with Gasteiger partial charge in [0.1, 0.15) is 5.52 Å². The van der Waals surface area contributed by atoms with Gasteiger partial charge in [0.05, 0.1) is 5.56 Å². The van der Waals surface area contributed by atoms with Crippen molar-refractivity contribution in [3.8, 4) is 0 Å². The number of rotatable bonds is 1. The van der Waals surface area contributed by atoms with Crippen LogP contribution in [0.5, 0.6) is 0 Å². The second-order valence-electron chi connectivity index (χ2n) is 2.81. The molecular formula is C10H6FNO2. The molecule has 0 saturated heterocycles. The maximum Gasteiger partial charge on any atom is 0.338 e. The smallest absolute Gasteiger partial charge is 0.338 e. The molecule has 1 heterocycles. The first-order valence-electron chi connectivity index (χ1n) is 3.96. The highest BCUT2D eigenvalue weighted by atomic mass is 19.1. The van der Waals surface area contributed by atoms with E-state index in [2.05, 4.69) is 4.98 Å². The first-order chi connectivity index (χ1) is 6.70. The van der Waals surface area contributed by atoms with Crippen molar-refractivity contribution < 1.29 is 14.3 Å². The monoisotopic (exact) mass is 191 g/mol. The number of nitrogens with zero attached hydrogens (tertiary/aromatic N) is 1. The van der Waals surface area contributed by atoms with Crippen LogP contribution in [0, 0.1) is 5.82 Å². The van der Waals surface area contributed by atoms with Crippen molar-refractivity contribution in [2.24, 2.45) is 0 Å². The average Bonchev–Trinajstić information content (AvgIpc) is 2.18. The van der Waals surface area contributed by atoms with Crippen molar-refractivity contribution >= 4 is 16.9 Å². The van der Waals surface area contributed by atoms with E-state index >= 15 is 0 Å². The highest BCUT2D eigenvalue weighted by Crippen LogP contribution is 2.18. The van der Waals surface area contributed by atoms with Gasteiger partial charge in [-0.15, -0.1) is 0 Å². The molecule has 0 spiro atoms. The van der Waals surface area contributed by atoms with E-state index in [0.717, 1.165) is 0 Å². The van der Waals surface area contributed by atoms with Gasteiger partial charge in [-0.1, -0.05) is 12.1 Å². The van der Waals surface area contributed by atoms with Gasteiger partial charge in [-0.3, -0.25) is 4.98 Å². The summed E-state index contributed by atoms with van der Waals surface area (Å²) in [5.41, 5.74) is -0.261. The lowest BCUT2D eigenvalue weighted by Gasteiger charge is -2.00. The molecule has 2 aromatic rings. The summed E-state index contributed by atoms with van der Waals surface area (Å²) in [4.78, 5) is 14.4. The van der Waals surface area contributed by atoms with Gasteiger partial charge in [0.25, 0.3) is 0 Å². The third kappa shape index (κ3) is 1.21. The van der Waals surface area contributed by atoms with Crippen LogP contribution in [-0.2, 0) is 0 Å². The number of hydrogen-bond donors (Lipinski definition) is 1. The molecule has 0 aliphatic heterocycles. The first-order valence-corrected chi connectivity index (χ1v) is 3.96. The number of carbonyl (C=O) groups is 1. The third-order valence-corrected chi connectivity index (χ3v) is 1.94. The molecule has 1 aromatic heterocycles. The maximum absolute atomic E-state index is 13.5. The van der Waals surface area contributed by atoms with Crippen LogP contribution in [-0.4, -0.2) is 16.1 Å². The summed E-state index contributed by atoms with van der Waals surface area (Å²) in [6.07, 6.45) is 1.43. The van der Waals surface area contributed by atoms with E-state index in [4.69, 9.17) is 5.11 Å². The summed E-state index contributed by atoms with van der Waals surface area (Å²) in [6.45, 7) is 0. The van der Waals surface area contributed by atoms with Crippen LogP contribution >= 0.6 is 0 Å². The van der Waals surface area contributed by atoms with Crippen LogP contribution in [0.4, 0.5) is 4.39 Å². The fourth-order valence-corrected chi connectivity index (χ4v) is 1.27. The van der Waals surface area contributed by atoms with Crippen LogP contribution in [0.3, 0.4) is 0 Å². The van der Waals surface area contributed by atoms with Gasteiger partial charge in [-0.05, 0) is 12.1 Å². The molecule has 0 saturated carbocycles. The predicted octanol–water partition coefficient (Wildman–Crippen LogP) is 2.07. The topological polar surface area (TPSA) is 50.2 Å². The Labute approximate surface area is 78.8 Å². The van der Waals surface area contributed by atoms with Gasteiger partial charge in [-0.25, -0.2) is 9.18 Å². The fraction of sp³-hybridized carbons (Fsp3) is 0. The summed E-state index contributed by atoms with van der Waals surface area (Å²) in [5.74, 6) is -2.06. The number of fused-ring (bicyclic) bond motifs is 1. The highest BCUT2D eigenvalue weighted by molar-refractivity contribution is 5.93. The predicted molar refractivity (Wildman–Crippen MR) is 48.7 cm³/mol. The summed E-state index contributed by atoms with van der Waals surface area (Å²) in [6, 6.07) is 6.12. The quantitative estimate of drug-likeness (QED) is 0.750. The SMILES string of the molecule is O=C(O)c1ccc2cccnc2c1F. The minimum Gasteiger partial charge on any atom is -0.478 e. The molecule has 0 aliphatic rings. The van der Waals surface area contributed by atoms with Gasteiger partial charge in [0, 0.05) is 11.6 Å². The van der Waals surface area contributed by atoms with E-state index < -0.39 is 11.8 Å². The van der Waals surface area contributed by atoms with Crippen molar-refractivity contribution in [1.29, 1.82) is 0 Å². The Bertz CT molecular complexity index is 510. The van der Waals surface area contributed by atoms with E-state index in [1.807, 2.05) is 0 Å². The average molecular weight is 191 g/mol. The van der Waals surface area contributed by atoms with Crippen molar-refractivity contribution in [2.75, 3.05) is 0 Å². The van der Waals surface area contributed by atoms with Gasteiger partial charge in [0.2, 0.25) is 0 Å². The normalized spacial score (nSPS) is 10.4. The third-order valence-electron chi connectivity index (χ3n) is 1.94. The lowest BCUT2D eigenvalue weighted by atomic mass is 10.1. The van der Waals surface area contributed by atoms with E-state index in [1.54, 1.807) is 12.1 Å². The number of carboxylic acids is 1. The molecule has 0 amide bonds. The second-order valence-corrected chi connectivity index (χ2v) is 2.81. The standard InChI is InChI=1S/C10H6FNO2/c11-8-7(10(13)14)4-3-6-2-1-5-12-9(6)8/h1-5H,(H,13,14). The molecule has 14 heavy (non-hydrogen) atoms. The lowest BCUT2D eigenvalue weighted by Crippen LogP contribution is -2.01. The lowest BCUT2D eigenvalue weighted by molar-refractivity contribution is 0.0692. The highest BCUT2D eigenvalue weighted by Gasteiger charge is 2.13. The number of hydrogen-bond acceptors (Lipinski definition) is 2. The molecule has 4 heteroatoms. The molecule has 0 bridgehead atoms. The summed E-state index contributed by atoms with van der Waals surface area (Å²) in [5, 5.41) is 9.25. The number of aromatic nitrogens is 1. The Morgan fingerprint density at radius 2 is 2.14 bits per heavy atom. The molecule has 0 fully saturated rings. The van der Waals surface area contributed by atoms with Gasteiger partial charge in [-0.2, -0.15) is 0 Å². The molecule has 0 atom stereocenters. The Hall–Kier alpha value is -1.97. The van der Waals surface area contributed by atoms with Crippen LogP contribution in [0.15, 0.2) is 30.5 Å². The van der Waals surface area contributed by atoms with Gasteiger partial charge < -0.3 is 5.11 Å². The molecular weight excluding hydrogens is 185 g/mol. The largest absolute Gasteiger partial charge is 0.478 e. The Morgan fingerprint density at radius 3 is 2.86 bits per heavy atom. The van der Waals surface area contributed by atoms with Crippen molar-refractivity contribution in [2.45, 2.75) is 0 Å². The molecule has 2 rings (SSSR count). The number of carboxylic acid groups (broad SMARTS) is 1. The molecule has 70 valence electrons. The van der Waals surface area contributed by atoms with Crippen molar-refractivity contribution in [3.63, 3.8) is 0 Å². The molecule has 1 aromatic carbocycles. The van der Waals surface area contributed by atoms with Gasteiger partial charge >= 0.3 is 5.97 Å². The van der Waals surface area contributed by atoms with Gasteiger partial charge in [0.15, 0.2) is 5.82 Å². The summed E-state index contributed by atoms with van der Waals surface area (Å²) in [7, 11) is 0. The second kappa shape index (κ2) is 3.06. The summed E-state index contributed by atoms with van der Waals surface area (Å²) < 4.78 is 13.5. The van der Waals surface area contributed by atoms with Crippen LogP contribution in [0.25, 0.3) is 10.9 Å². The zero-order valence-corrected chi connectivity index (χ0v) is 7.07. The summed E-state index contributed by atoms with van der Waals surface area (Å²) >= 11 is 0. The zero-order valence-electron chi connectivity index (χ0n) is 7.07. The maximum atomic E-state index is 13.5. The molecule has 0 radical (unpaired) electrons. The number of aromatic carboxylic acids is 1. The zero-order chi connectivity index (χ0) is 10.1. The van der Waals surface area contributed by atoms with E-state index in [-0.39, 0.29) is 11.1 Å². The van der Waals surface area contributed by atoms with Crippen LogP contribution in [0.2, 0.25) is 0 Å². The number of halogens is 1. The Kier molecular flexibility index (Phi) is 1.89. The van der Waals surface area contributed by atoms with Crippen molar-refractivity contribution in [1.82, 2.24) is 4.98 Å². The Morgan fingerprint density at radius 1 is 1.36 bits per heavy atom. The van der Waals surface area contributed by atoms with Crippen LogP contribution in [0.1, 0.15) is 10.4 Å². The van der Waals surface area contributed by atoms with E-state index in [0.29, 0.717) is 5.39 Å². The molecule has 1 N–H and O–H groups in total. The first kappa shape index (κ1) is 8.62. The van der Waals surface area contributed by atoms with Crippen LogP contribution < -0.4 is 0 Å². The Balaban J connectivity index is 2.81. The van der Waals surface area contributed by atoms with E-state index in [1.165, 1.54) is 18.3 Å². The molecule has 3 nitrogen and oxygen atoms in total. The molecule has 0 aliphatic carbocycles. The number of benzene rings is 1. The van der Waals surface area contributed by atoms with Crippen molar-refractivity contribution in [3.05, 3.63) is 41.8 Å². The number of pyridine rings is 1. The minimum absolute atomic E-state index is 0.0902. The van der Waals surface area contributed by atoms with E-state index in [9.17, 15) is 9.18 Å². The minimum atomic E-state index is -1.28.